The van der Waals surface area contributed by atoms with E-state index in [1.807, 2.05) is 13.0 Å². The van der Waals surface area contributed by atoms with Crippen LogP contribution in [0.15, 0.2) is 24.5 Å². The molecule has 11 heteroatoms. The van der Waals surface area contributed by atoms with E-state index in [0.29, 0.717) is 56.5 Å². The maximum absolute atomic E-state index is 12.3. The Bertz CT molecular complexity index is 907. The first-order chi connectivity index (χ1) is 13.3. The van der Waals surface area contributed by atoms with Crippen molar-refractivity contribution in [2.24, 2.45) is 5.92 Å². The Balaban J connectivity index is 1.44. The third-order valence-corrected chi connectivity index (χ3v) is 5.89. The van der Waals surface area contributed by atoms with E-state index in [-0.39, 0.29) is 11.8 Å². The van der Waals surface area contributed by atoms with Gasteiger partial charge < -0.3 is 10.6 Å². The third kappa shape index (κ3) is 5.26. The monoisotopic (exact) mass is 407 g/mol. The number of sulfonamides is 1. The molecule has 0 aliphatic carbocycles. The Kier molecular flexibility index (Phi) is 6.25. The summed E-state index contributed by atoms with van der Waals surface area (Å²) in [6.07, 6.45) is 5.78. The SMILES string of the molecule is Cc1nc(NCCNC(=O)C2CCN(S(C)(=O)=O)CC2)cc(-n2cccn2)n1. The number of anilines is 1. The van der Waals surface area contributed by atoms with Crippen LogP contribution in [0.1, 0.15) is 18.7 Å². The number of hydrogen-bond acceptors (Lipinski definition) is 7. The summed E-state index contributed by atoms with van der Waals surface area (Å²) in [5.41, 5.74) is 0. The van der Waals surface area contributed by atoms with Crippen LogP contribution in [0, 0.1) is 12.8 Å². The van der Waals surface area contributed by atoms with Gasteiger partial charge in [0.25, 0.3) is 0 Å². The van der Waals surface area contributed by atoms with Crippen LogP contribution in [0.5, 0.6) is 0 Å². The molecule has 0 radical (unpaired) electrons. The van der Waals surface area contributed by atoms with Crippen LogP contribution >= 0.6 is 0 Å². The predicted octanol–water partition coefficient (Wildman–Crippen LogP) is 0.170. The Morgan fingerprint density at radius 3 is 2.64 bits per heavy atom. The molecule has 0 spiro atoms. The van der Waals surface area contributed by atoms with Crippen molar-refractivity contribution in [1.82, 2.24) is 29.4 Å². The molecule has 10 nitrogen and oxygen atoms in total. The zero-order chi connectivity index (χ0) is 20.1. The van der Waals surface area contributed by atoms with Gasteiger partial charge in [-0.05, 0) is 25.8 Å². The van der Waals surface area contributed by atoms with Crippen LogP contribution in [0.4, 0.5) is 5.82 Å². The molecule has 28 heavy (non-hydrogen) atoms. The summed E-state index contributed by atoms with van der Waals surface area (Å²) in [5.74, 6) is 1.77. The van der Waals surface area contributed by atoms with Gasteiger partial charge in [0.1, 0.15) is 11.6 Å². The van der Waals surface area contributed by atoms with E-state index >= 15 is 0 Å². The number of hydrogen-bond donors (Lipinski definition) is 2. The van der Waals surface area contributed by atoms with Gasteiger partial charge in [-0.15, -0.1) is 0 Å². The highest BCUT2D eigenvalue weighted by Crippen LogP contribution is 2.19. The number of carbonyl (C=O) groups is 1. The normalized spacial score (nSPS) is 16.1. The number of nitrogens with one attached hydrogen (secondary N) is 2. The first-order valence-corrected chi connectivity index (χ1v) is 11.0. The molecule has 1 fully saturated rings. The van der Waals surface area contributed by atoms with Gasteiger partial charge in [0.05, 0.1) is 6.26 Å². The molecule has 1 aliphatic heterocycles. The molecule has 2 aromatic rings. The number of amides is 1. The number of aromatic nitrogens is 4. The second-order valence-corrected chi connectivity index (χ2v) is 8.75. The standard InChI is InChI=1S/C17H25N7O3S/c1-13-21-15(12-16(22-13)24-9-3-6-20-24)18-7-8-19-17(25)14-4-10-23(11-5-14)28(2,26)27/h3,6,9,12,14H,4-5,7-8,10-11H2,1-2H3,(H,19,25)(H,18,21,22). The summed E-state index contributed by atoms with van der Waals surface area (Å²) in [5, 5.41) is 10.2. The minimum atomic E-state index is -3.18. The molecule has 152 valence electrons. The molecule has 0 bridgehead atoms. The Morgan fingerprint density at radius 2 is 2.00 bits per heavy atom. The fourth-order valence-electron chi connectivity index (χ4n) is 3.13. The second kappa shape index (κ2) is 8.65. The molecule has 3 heterocycles. The average Bonchev–Trinajstić information content (AvgIpc) is 3.19. The topological polar surface area (TPSA) is 122 Å². The number of aryl methyl sites for hydroxylation is 1. The zero-order valence-electron chi connectivity index (χ0n) is 16.0. The average molecular weight is 408 g/mol. The quantitative estimate of drug-likeness (QED) is 0.627. The lowest BCUT2D eigenvalue weighted by Crippen LogP contribution is -2.43. The minimum Gasteiger partial charge on any atom is -0.368 e. The van der Waals surface area contributed by atoms with E-state index in [1.165, 1.54) is 10.6 Å². The molecule has 0 atom stereocenters. The van der Waals surface area contributed by atoms with E-state index < -0.39 is 10.0 Å². The molecule has 0 unspecified atom stereocenters. The first-order valence-electron chi connectivity index (χ1n) is 9.15. The van der Waals surface area contributed by atoms with E-state index in [4.69, 9.17) is 0 Å². The molecule has 0 aromatic carbocycles. The summed E-state index contributed by atoms with van der Waals surface area (Å²) < 4.78 is 26.1. The van der Waals surface area contributed by atoms with Gasteiger partial charge in [0, 0.05) is 50.6 Å². The van der Waals surface area contributed by atoms with Gasteiger partial charge in [-0.25, -0.2) is 27.4 Å². The van der Waals surface area contributed by atoms with Gasteiger partial charge in [-0.1, -0.05) is 0 Å². The van der Waals surface area contributed by atoms with E-state index in [1.54, 1.807) is 23.1 Å². The number of rotatable bonds is 7. The minimum absolute atomic E-state index is 0.0361. The van der Waals surface area contributed by atoms with Gasteiger partial charge in [-0.3, -0.25) is 4.79 Å². The summed E-state index contributed by atoms with van der Waals surface area (Å²) in [6, 6.07) is 3.61. The lowest BCUT2D eigenvalue weighted by molar-refractivity contribution is -0.126. The van der Waals surface area contributed by atoms with Crippen LogP contribution in [0.2, 0.25) is 0 Å². The van der Waals surface area contributed by atoms with Gasteiger partial charge in [-0.2, -0.15) is 5.10 Å². The van der Waals surface area contributed by atoms with Gasteiger partial charge >= 0.3 is 0 Å². The highest BCUT2D eigenvalue weighted by molar-refractivity contribution is 7.88. The van der Waals surface area contributed by atoms with Crippen molar-refractivity contribution in [2.75, 3.05) is 37.8 Å². The molecule has 2 aromatic heterocycles. The molecule has 0 saturated carbocycles. The highest BCUT2D eigenvalue weighted by Gasteiger charge is 2.28. The summed E-state index contributed by atoms with van der Waals surface area (Å²) in [4.78, 5) is 21.0. The van der Waals surface area contributed by atoms with Crippen LogP contribution < -0.4 is 10.6 Å². The van der Waals surface area contributed by atoms with Crippen molar-refractivity contribution in [3.05, 3.63) is 30.4 Å². The molecule has 1 saturated heterocycles. The third-order valence-electron chi connectivity index (χ3n) is 4.59. The molecule has 3 rings (SSSR count). The maximum Gasteiger partial charge on any atom is 0.223 e. The highest BCUT2D eigenvalue weighted by atomic mass is 32.2. The van der Waals surface area contributed by atoms with E-state index in [2.05, 4.69) is 25.7 Å². The second-order valence-electron chi connectivity index (χ2n) is 6.76. The fraction of sp³-hybridized carbons (Fsp3) is 0.529. The molecular formula is C17H25N7O3S. The largest absolute Gasteiger partial charge is 0.368 e. The van der Waals surface area contributed by atoms with Crippen molar-refractivity contribution in [3.63, 3.8) is 0 Å². The van der Waals surface area contributed by atoms with Gasteiger partial charge in [0.2, 0.25) is 15.9 Å². The Labute approximate surface area is 164 Å². The lowest BCUT2D eigenvalue weighted by atomic mass is 9.97. The van der Waals surface area contributed by atoms with Crippen molar-refractivity contribution in [3.8, 4) is 5.82 Å². The van der Waals surface area contributed by atoms with Gasteiger partial charge in [0.15, 0.2) is 5.82 Å². The molecule has 1 amide bonds. The molecule has 1 aliphatic rings. The van der Waals surface area contributed by atoms with Crippen molar-refractivity contribution >= 4 is 21.7 Å². The molecule has 2 N–H and O–H groups in total. The molecular weight excluding hydrogens is 382 g/mol. The summed E-state index contributed by atoms with van der Waals surface area (Å²) in [6.45, 7) is 3.56. The Hall–Kier alpha value is -2.53. The fourth-order valence-corrected chi connectivity index (χ4v) is 4.01. The van der Waals surface area contributed by atoms with E-state index in [9.17, 15) is 13.2 Å². The lowest BCUT2D eigenvalue weighted by Gasteiger charge is -2.29. The van der Waals surface area contributed by atoms with Crippen LogP contribution in [0.25, 0.3) is 5.82 Å². The van der Waals surface area contributed by atoms with Crippen molar-refractivity contribution in [2.45, 2.75) is 19.8 Å². The summed E-state index contributed by atoms with van der Waals surface area (Å²) >= 11 is 0. The van der Waals surface area contributed by atoms with Crippen LogP contribution in [-0.2, 0) is 14.8 Å². The number of nitrogens with zero attached hydrogens (tertiary/aromatic N) is 5. The zero-order valence-corrected chi connectivity index (χ0v) is 16.8. The number of piperidine rings is 1. The predicted molar refractivity (Wildman–Crippen MR) is 105 cm³/mol. The maximum atomic E-state index is 12.3. The van der Waals surface area contributed by atoms with Crippen LogP contribution in [-0.4, -0.2) is 70.8 Å². The Morgan fingerprint density at radius 1 is 1.25 bits per heavy atom. The van der Waals surface area contributed by atoms with Crippen LogP contribution in [0.3, 0.4) is 0 Å². The van der Waals surface area contributed by atoms with E-state index in [0.717, 1.165) is 0 Å². The number of carbonyl (C=O) groups excluding carboxylic acids is 1. The first kappa shape index (κ1) is 20.2. The van der Waals surface area contributed by atoms with Crippen molar-refractivity contribution in [1.29, 1.82) is 0 Å². The summed E-state index contributed by atoms with van der Waals surface area (Å²) in [7, 11) is -3.18. The van der Waals surface area contributed by atoms with Crippen molar-refractivity contribution < 1.29 is 13.2 Å². The smallest absolute Gasteiger partial charge is 0.223 e.